The fraction of sp³-hybridized carbons (Fsp3) is 0.800. The minimum atomic E-state index is -1.31. The Kier molecular flexibility index (Phi) is 4.23. The van der Waals surface area contributed by atoms with Gasteiger partial charge in [0.15, 0.2) is 0 Å². The van der Waals surface area contributed by atoms with Gasteiger partial charge in [0, 0.05) is 19.3 Å². The van der Waals surface area contributed by atoms with E-state index in [-0.39, 0.29) is 5.92 Å². The van der Waals surface area contributed by atoms with Gasteiger partial charge in [-0.1, -0.05) is 0 Å². The SMILES string of the molecule is CCOC(=O)C1(C)OCC(CC=O)CO1. The molecule has 0 bridgehead atoms. The molecule has 0 spiro atoms. The normalized spacial score (nSPS) is 30.9. The molecule has 0 radical (unpaired) electrons. The van der Waals surface area contributed by atoms with Crippen LogP contribution in [-0.2, 0) is 23.8 Å². The van der Waals surface area contributed by atoms with E-state index in [2.05, 4.69) is 0 Å². The molecule has 0 saturated carbocycles. The van der Waals surface area contributed by atoms with E-state index in [1.54, 1.807) is 6.92 Å². The van der Waals surface area contributed by atoms with Crippen molar-refractivity contribution in [3.63, 3.8) is 0 Å². The number of hydrogen-bond acceptors (Lipinski definition) is 5. The largest absolute Gasteiger partial charge is 0.462 e. The zero-order valence-electron chi connectivity index (χ0n) is 9.02. The van der Waals surface area contributed by atoms with Crippen molar-refractivity contribution in [2.75, 3.05) is 19.8 Å². The lowest BCUT2D eigenvalue weighted by atomic mass is 10.1. The van der Waals surface area contributed by atoms with E-state index in [1.165, 1.54) is 6.92 Å². The minimum absolute atomic E-state index is 0.0324. The molecule has 0 amide bonds. The molecule has 0 unspecified atom stereocenters. The van der Waals surface area contributed by atoms with Crippen LogP contribution in [-0.4, -0.2) is 37.9 Å². The van der Waals surface area contributed by atoms with Crippen molar-refractivity contribution >= 4 is 12.3 Å². The van der Waals surface area contributed by atoms with Gasteiger partial charge in [0.05, 0.1) is 19.8 Å². The van der Waals surface area contributed by atoms with Crippen LogP contribution in [0.15, 0.2) is 0 Å². The lowest BCUT2D eigenvalue weighted by Gasteiger charge is -2.34. The van der Waals surface area contributed by atoms with Crippen molar-refractivity contribution in [3.8, 4) is 0 Å². The Morgan fingerprint density at radius 1 is 1.53 bits per heavy atom. The van der Waals surface area contributed by atoms with Crippen LogP contribution >= 0.6 is 0 Å². The van der Waals surface area contributed by atoms with E-state index in [9.17, 15) is 9.59 Å². The molecule has 1 saturated heterocycles. The average molecular weight is 216 g/mol. The number of hydrogen-bond donors (Lipinski definition) is 0. The van der Waals surface area contributed by atoms with Crippen molar-refractivity contribution in [2.45, 2.75) is 26.1 Å². The van der Waals surface area contributed by atoms with Gasteiger partial charge in [-0.2, -0.15) is 0 Å². The van der Waals surface area contributed by atoms with E-state index in [1.807, 2.05) is 0 Å². The first-order valence-electron chi connectivity index (χ1n) is 5.01. The Morgan fingerprint density at radius 3 is 2.60 bits per heavy atom. The summed E-state index contributed by atoms with van der Waals surface area (Å²) < 4.78 is 15.4. The maximum Gasteiger partial charge on any atom is 0.366 e. The van der Waals surface area contributed by atoms with Crippen LogP contribution in [0, 0.1) is 5.92 Å². The summed E-state index contributed by atoms with van der Waals surface area (Å²) in [4.78, 5) is 21.7. The highest BCUT2D eigenvalue weighted by atomic mass is 16.7. The third-order valence-corrected chi connectivity index (χ3v) is 2.26. The van der Waals surface area contributed by atoms with Gasteiger partial charge in [-0.15, -0.1) is 0 Å². The zero-order chi connectivity index (χ0) is 11.3. The maximum absolute atomic E-state index is 11.4. The first-order valence-corrected chi connectivity index (χ1v) is 5.01. The summed E-state index contributed by atoms with van der Waals surface area (Å²) in [6.07, 6.45) is 1.21. The average Bonchev–Trinajstić information content (AvgIpc) is 2.22. The highest BCUT2D eigenvalue weighted by molar-refractivity contribution is 5.77. The van der Waals surface area contributed by atoms with Gasteiger partial charge >= 0.3 is 5.97 Å². The summed E-state index contributed by atoms with van der Waals surface area (Å²) in [7, 11) is 0. The smallest absolute Gasteiger partial charge is 0.366 e. The standard InChI is InChI=1S/C10H16O5/c1-3-13-9(12)10(2)14-6-8(4-5-11)7-15-10/h5,8H,3-4,6-7H2,1-2H3. The zero-order valence-corrected chi connectivity index (χ0v) is 9.02. The van der Waals surface area contributed by atoms with Crippen molar-refractivity contribution in [1.82, 2.24) is 0 Å². The van der Waals surface area contributed by atoms with Crippen LogP contribution in [0.25, 0.3) is 0 Å². The lowest BCUT2D eigenvalue weighted by molar-refractivity contribution is -0.273. The van der Waals surface area contributed by atoms with Crippen molar-refractivity contribution < 1.29 is 23.8 Å². The van der Waals surface area contributed by atoms with Crippen LogP contribution < -0.4 is 0 Å². The Bertz CT molecular complexity index is 230. The lowest BCUT2D eigenvalue weighted by Crippen LogP contribution is -2.48. The Balaban J connectivity index is 2.46. The highest BCUT2D eigenvalue weighted by Crippen LogP contribution is 2.23. The molecule has 1 aliphatic rings. The summed E-state index contributed by atoms with van der Waals surface area (Å²) in [5.74, 6) is -1.80. The quantitative estimate of drug-likeness (QED) is 0.506. The molecule has 5 heteroatoms. The second-order valence-corrected chi connectivity index (χ2v) is 3.56. The van der Waals surface area contributed by atoms with Gasteiger partial charge in [-0.3, -0.25) is 0 Å². The number of esters is 1. The van der Waals surface area contributed by atoms with E-state index >= 15 is 0 Å². The molecule has 86 valence electrons. The van der Waals surface area contributed by atoms with Crippen molar-refractivity contribution in [3.05, 3.63) is 0 Å². The van der Waals surface area contributed by atoms with Crippen molar-refractivity contribution in [1.29, 1.82) is 0 Å². The molecule has 1 aliphatic heterocycles. The minimum Gasteiger partial charge on any atom is -0.462 e. The van der Waals surface area contributed by atoms with Gasteiger partial charge < -0.3 is 19.0 Å². The Labute approximate surface area is 88.7 Å². The van der Waals surface area contributed by atoms with Crippen LogP contribution in [0.1, 0.15) is 20.3 Å². The van der Waals surface area contributed by atoms with Gasteiger partial charge in [-0.25, -0.2) is 4.79 Å². The molecule has 0 N–H and O–H groups in total. The fourth-order valence-electron chi connectivity index (χ4n) is 1.30. The summed E-state index contributed by atoms with van der Waals surface area (Å²) in [5.41, 5.74) is 0. The van der Waals surface area contributed by atoms with E-state index < -0.39 is 11.8 Å². The summed E-state index contributed by atoms with van der Waals surface area (Å²) >= 11 is 0. The molecule has 1 fully saturated rings. The van der Waals surface area contributed by atoms with Crippen LogP contribution in [0.5, 0.6) is 0 Å². The highest BCUT2D eigenvalue weighted by Gasteiger charge is 2.41. The van der Waals surface area contributed by atoms with Gasteiger partial charge in [-0.05, 0) is 6.92 Å². The number of ether oxygens (including phenoxy) is 3. The molecular weight excluding hydrogens is 200 g/mol. The van der Waals surface area contributed by atoms with E-state index in [0.717, 1.165) is 6.29 Å². The first kappa shape index (κ1) is 12.1. The third-order valence-electron chi connectivity index (χ3n) is 2.26. The number of carbonyl (C=O) groups is 2. The predicted octanol–water partition coefficient (Wildman–Crippen LogP) is 0.518. The van der Waals surface area contributed by atoms with E-state index in [0.29, 0.717) is 26.2 Å². The molecule has 0 aromatic carbocycles. The third kappa shape index (κ3) is 3.00. The molecule has 1 heterocycles. The summed E-state index contributed by atoms with van der Waals surface area (Å²) in [5, 5.41) is 0. The summed E-state index contributed by atoms with van der Waals surface area (Å²) in [6, 6.07) is 0. The molecule has 0 aliphatic carbocycles. The van der Waals surface area contributed by atoms with Crippen LogP contribution in [0.2, 0.25) is 0 Å². The maximum atomic E-state index is 11.4. The monoisotopic (exact) mass is 216 g/mol. The molecule has 1 rings (SSSR count). The van der Waals surface area contributed by atoms with Gasteiger partial charge in [0.1, 0.15) is 6.29 Å². The number of aldehydes is 1. The van der Waals surface area contributed by atoms with Crippen LogP contribution in [0.4, 0.5) is 0 Å². The molecule has 5 nitrogen and oxygen atoms in total. The van der Waals surface area contributed by atoms with Gasteiger partial charge in [0.25, 0.3) is 5.79 Å². The molecular formula is C10H16O5. The second-order valence-electron chi connectivity index (χ2n) is 3.56. The molecule has 0 aromatic heterocycles. The Hall–Kier alpha value is -0.940. The topological polar surface area (TPSA) is 61.8 Å². The molecule has 0 aromatic rings. The molecule has 0 atom stereocenters. The number of carbonyl (C=O) groups excluding carboxylic acids is 2. The molecule has 15 heavy (non-hydrogen) atoms. The van der Waals surface area contributed by atoms with Crippen LogP contribution in [0.3, 0.4) is 0 Å². The summed E-state index contributed by atoms with van der Waals surface area (Å²) in [6.45, 7) is 4.22. The number of rotatable bonds is 4. The van der Waals surface area contributed by atoms with Gasteiger partial charge in [0.2, 0.25) is 0 Å². The van der Waals surface area contributed by atoms with Crippen molar-refractivity contribution in [2.24, 2.45) is 5.92 Å². The first-order chi connectivity index (χ1) is 7.12. The predicted molar refractivity (Wildman–Crippen MR) is 51.1 cm³/mol. The Morgan fingerprint density at radius 2 is 2.13 bits per heavy atom. The fourth-order valence-corrected chi connectivity index (χ4v) is 1.30. The van der Waals surface area contributed by atoms with E-state index in [4.69, 9.17) is 14.2 Å². The second kappa shape index (κ2) is 5.23.